The smallest absolute Gasteiger partial charge is 0.240 e. The van der Waals surface area contributed by atoms with Crippen LogP contribution in [-0.2, 0) is 16.0 Å². The van der Waals surface area contributed by atoms with E-state index in [1.807, 2.05) is 26.0 Å². The van der Waals surface area contributed by atoms with Crippen molar-refractivity contribution >= 4 is 5.91 Å². The van der Waals surface area contributed by atoms with Crippen molar-refractivity contribution in [1.29, 1.82) is 0 Å². The molecule has 1 saturated carbocycles. The fraction of sp³-hybridized carbons (Fsp3) is 0.632. The molecule has 1 saturated heterocycles. The first-order chi connectivity index (χ1) is 11.6. The van der Waals surface area contributed by atoms with E-state index < -0.39 is 0 Å². The van der Waals surface area contributed by atoms with Crippen LogP contribution in [0.25, 0.3) is 0 Å². The molecule has 2 aliphatic rings. The lowest BCUT2D eigenvalue weighted by Crippen LogP contribution is -2.53. The van der Waals surface area contributed by atoms with E-state index in [1.54, 1.807) is 0 Å². The molecule has 2 fully saturated rings. The van der Waals surface area contributed by atoms with E-state index in [0.717, 1.165) is 51.3 Å². The van der Waals surface area contributed by atoms with Crippen LogP contribution in [-0.4, -0.2) is 55.3 Å². The molecule has 0 aromatic heterocycles. The Kier molecular flexibility index (Phi) is 5.41. The number of nitrogens with zero attached hydrogens (tertiary/aromatic N) is 1. The number of carbonyl (C=O) groups excluding carboxylic acids is 1. The molecule has 0 radical (unpaired) electrons. The summed E-state index contributed by atoms with van der Waals surface area (Å²) in [4.78, 5) is 14.9. The number of rotatable bonds is 7. The normalized spacial score (nSPS) is 20.0. The summed E-state index contributed by atoms with van der Waals surface area (Å²) >= 11 is 0. The average molecular weight is 332 g/mol. The molecule has 1 aliphatic carbocycles. The Bertz CT molecular complexity index is 546. The number of nitrogens with one attached hydrogen (secondary N) is 1. The lowest BCUT2D eigenvalue weighted by Gasteiger charge is -2.33. The van der Waals surface area contributed by atoms with Crippen LogP contribution in [0.1, 0.15) is 32.3 Å². The zero-order valence-corrected chi connectivity index (χ0v) is 14.7. The van der Waals surface area contributed by atoms with E-state index in [-0.39, 0.29) is 17.6 Å². The lowest BCUT2D eigenvalue weighted by atomic mass is 10.1. The Balaban J connectivity index is 1.45. The van der Waals surface area contributed by atoms with E-state index in [9.17, 15) is 4.79 Å². The molecule has 1 heterocycles. The molecule has 0 spiro atoms. The van der Waals surface area contributed by atoms with Crippen LogP contribution in [0.3, 0.4) is 0 Å². The molecular weight excluding hydrogens is 304 g/mol. The SMILES string of the molecule is CC(C)Oc1ccc(CCNC(=O)C2(N3CCOCC3)CC2)cc1. The molecule has 24 heavy (non-hydrogen) atoms. The van der Waals surface area contributed by atoms with Gasteiger partial charge in [0.1, 0.15) is 11.3 Å². The molecule has 5 heteroatoms. The Morgan fingerprint density at radius 3 is 2.50 bits per heavy atom. The van der Waals surface area contributed by atoms with Crippen molar-refractivity contribution in [1.82, 2.24) is 10.2 Å². The van der Waals surface area contributed by atoms with E-state index in [0.29, 0.717) is 6.54 Å². The second kappa shape index (κ2) is 7.53. The zero-order chi connectivity index (χ0) is 17.0. The van der Waals surface area contributed by atoms with Gasteiger partial charge in [-0.05, 0) is 50.8 Å². The predicted octanol–water partition coefficient (Wildman–Crippen LogP) is 2.00. The fourth-order valence-corrected chi connectivity index (χ4v) is 3.29. The van der Waals surface area contributed by atoms with Crippen LogP contribution < -0.4 is 10.1 Å². The molecule has 1 aromatic rings. The Labute approximate surface area is 144 Å². The van der Waals surface area contributed by atoms with Gasteiger partial charge < -0.3 is 14.8 Å². The van der Waals surface area contributed by atoms with Crippen molar-refractivity contribution in [3.63, 3.8) is 0 Å². The monoisotopic (exact) mass is 332 g/mol. The van der Waals surface area contributed by atoms with Gasteiger partial charge in [-0.15, -0.1) is 0 Å². The third kappa shape index (κ3) is 4.08. The van der Waals surface area contributed by atoms with E-state index >= 15 is 0 Å². The van der Waals surface area contributed by atoms with Gasteiger partial charge in [0, 0.05) is 19.6 Å². The quantitative estimate of drug-likeness (QED) is 0.830. The highest BCUT2D eigenvalue weighted by Gasteiger charge is 2.54. The van der Waals surface area contributed by atoms with Gasteiger partial charge in [0.2, 0.25) is 5.91 Å². The van der Waals surface area contributed by atoms with Crippen LogP contribution in [0, 0.1) is 0 Å². The van der Waals surface area contributed by atoms with E-state index in [1.165, 1.54) is 5.56 Å². The molecule has 1 N–H and O–H groups in total. The summed E-state index contributed by atoms with van der Waals surface area (Å²) in [5, 5.41) is 3.13. The van der Waals surface area contributed by atoms with Gasteiger partial charge in [-0.3, -0.25) is 9.69 Å². The predicted molar refractivity (Wildman–Crippen MR) is 93.3 cm³/mol. The van der Waals surface area contributed by atoms with Crippen molar-refractivity contribution < 1.29 is 14.3 Å². The third-order valence-electron chi connectivity index (χ3n) is 4.76. The van der Waals surface area contributed by atoms with Crippen molar-refractivity contribution in [2.24, 2.45) is 0 Å². The molecule has 0 atom stereocenters. The first-order valence-corrected chi connectivity index (χ1v) is 8.97. The molecule has 1 amide bonds. The summed E-state index contributed by atoms with van der Waals surface area (Å²) in [6, 6.07) is 8.12. The zero-order valence-electron chi connectivity index (χ0n) is 14.7. The van der Waals surface area contributed by atoms with Gasteiger partial charge in [-0.1, -0.05) is 12.1 Å². The molecular formula is C19H28N2O3. The van der Waals surface area contributed by atoms with Gasteiger partial charge >= 0.3 is 0 Å². The highest BCUT2D eigenvalue weighted by atomic mass is 16.5. The van der Waals surface area contributed by atoms with Gasteiger partial charge in [0.15, 0.2) is 0 Å². The van der Waals surface area contributed by atoms with Crippen molar-refractivity contribution in [2.45, 2.75) is 44.8 Å². The van der Waals surface area contributed by atoms with Gasteiger partial charge in [0.05, 0.1) is 19.3 Å². The first kappa shape index (κ1) is 17.2. The fourth-order valence-electron chi connectivity index (χ4n) is 3.29. The average Bonchev–Trinajstić information content (AvgIpc) is 3.39. The molecule has 3 rings (SSSR count). The van der Waals surface area contributed by atoms with Crippen molar-refractivity contribution in [3.05, 3.63) is 29.8 Å². The summed E-state index contributed by atoms with van der Waals surface area (Å²) in [5.41, 5.74) is 0.960. The molecule has 132 valence electrons. The maximum atomic E-state index is 12.6. The van der Waals surface area contributed by atoms with Gasteiger partial charge in [-0.2, -0.15) is 0 Å². The highest BCUT2D eigenvalue weighted by molar-refractivity contribution is 5.89. The van der Waals surface area contributed by atoms with Crippen molar-refractivity contribution in [3.8, 4) is 5.75 Å². The topological polar surface area (TPSA) is 50.8 Å². The number of morpholine rings is 1. The minimum absolute atomic E-state index is 0.184. The first-order valence-electron chi connectivity index (χ1n) is 8.97. The number of carbonyl (C=O) groups is 1. The number of ether oxygens (including phenoxy) is 2. The lowest BCUT2D eigenvalue weighted by molar-refractivity contribution is -0.130. The minimum atomic E-state index is -0.251. The van der Waals surface area contributed by atoms with Crippen LogP contribution >= 0.6 is 0 Å². The summed E-state index contributed by atoms with van der Waals surface area (Å²) < 4.78 is 11.0. The molecule has 0 unspecified atom stereocenters. The number of benzene rings is 1. The maximum Gasteiger partial charge on any atom is 0.240 e. The van der Waals surface area contributed by atoms with Crippen molar-refractivity contribution in [2.75, 3.05) is 32.8 Å². The minimum Gasteiger partial charge on any atom is -0.491 e. The van der Waals surface area contributed by atoms with E-state index in [2.05, 4.69) is 22.3 Å². The van der Waals surface area contributed by atoms with Crippen LogP contribution in [0.15, 0.2) is 24.3 Å². The highest BCUT2D eigenvalue weighted by Crippen LogP contribution is 2.42. The maximum absolute atomic E-state index is 12.6. The third-order valence-corrected chi connectivity index (χ3v) is 4.76. The number of amides is 1. The summed E-state index contributed by atoms with van der Waals surface area (Å²) in [5.74, 6) is 1.08. The summed E-state index contributed by atoms with van der Waals surface area (Å²) in [7, 11) is 0. The van der Waals surface area contributed by atoms with Gasteiger partial charge in [0.25, 0.3) is 0 Å². The standard InChI is InChI=1S/C19H28N2O3/c1-15(2)24-17-5-3-16(4-6-17)7-10-20-18(22)19(8-9-19)21-11-13-23-14-12-21/h3-6,15H,7-14H2,1-2H3,(H,20,22). The van der Waals surface area contributed by atoms with Crippen LogP contribution in [0.5, 0.6) is 5.75 Å². The molecule has 1 aromatic carbocycles. The Morgan fingerprint density at radius 1 is 1.25 bits per heavy atom. The van der Waals surface area contributed by atoms with Crippen LogP contribution in [0.4, 0.5) is 0 Å². The van der Waals surface area contributed by atoms with Crippen LogP contribution in [0.2, 0.25) is 0 Å². The Morgan fingerprint density at radius 2 is 1.92 bits per heavy atom. The second-order valence-corrected chi connectivity index (χ2v) is 6.95. The second-order valence-electron chi connectivity index (χ2n) is 6.95. The largest absolute Gasteiger partial charge is 0.491 e. The Hall–Kier alpha value is -1.59. The summed E-state index contributed by atoms with van der Waals surface area (Å²) in [6.45, 7) is 7.92. The molecule has 0 bridgehead atoms. The van der Waals surface area contributed by atoms with E-state index in [4.69, 9.17) is 9.47 Å². The number of hydrogen-bond acceptors (Lipinski definition) is 4. The molecule has 1 aliphatic heterocycles. The summed E-state index contributed by atoms with van der Waals surface area (Å²) in [6.07, 6.45) is 2.97. The van der Waals surface area contributed by atoms with Gasteiger partial charge in [-0.25, -0.2) is 0 Å². The number of hydrogen-bond donors (Lipinski definition) is 1. The molecule has 5 nitrogen and oxygen atoms in total.